The van der Waals surface area contributed by atoms with Crippen LogP contribution in [0.5, 0.6) is 0 Å². The summed E-state index contributed by atoms with van der Waals surface area (Å²) < 4.78 is 0. The number of fused-ring (bicyclic) bond motifs is 1. The van der Waals surface area contributed by atoms with Gasteiger partial charge in [-0.1, -0.05) is 92.4 Å². The van der Waals surface area contributed by atoms with Gasteiger partial charge in [-0.05, 0) is 120 Å². The van der Waals surface area contributed by atoms with Crippen LogP contribution in [0.4, 0.5) is 0 Å². The molecule has 0 radical (unpaired) electrons. The van der Waals surface area contributed by atoms with Gasteiger partial charge in [0, 0.05) is 81.9 Å². The molecule has 0 aromatic rings. The third kappa shape index (κ3) is 21.4. The monoisotopic (exact) mass is 800 g/mol. The average Bonchev–Trinajstić information content (AvgIpc) is 3.98. The van der Waals surface area contributed by atoms with E-state index in [1.165, 1.54) is 95.1 Å². The van der Waals surface area contributed by atoms with Crippen molar-refractivity contribution in [2.24, 2.45) is 41.4 Å². The molecule has 5 nitrogen and oxygen atoms in total. The van der Waals surface area contributed by atoms with E-state index >= 15 is 0 Å². The number of nitrogens with one attached hydrogen (secondary N) is 1. The number of alkyl halides is 1. The molecule has 2 heterocycles. The lowest BCUT2D eigenvalue weighted by atomic mass is 9.68. The molecule has 326 valence electrons. The Labute approximate surface area is 355 Å². The second-order valence-corrected chi connectivity index (χ2v) is 19.0. The fourth-order valence-corrected chi connectivity index (χ4v) is 9.58. The summed E-state index contributed by atoms with van der Waals surface area (Å²) in [7, 11) is 6.25. The number of allylic oxidation sites excluding steroid dienone is 2. The van der Waals surface area contributed by atoms with E-state index in [0.29, 0.717) is 11.3 Å². The maximum atomic E-state index is 6.34. The minimum atomic E-state index is 0.364. The molecule has 6 rings (SSSR count). The van der Waals surface area contributed by atoms with Gasteiger partial charge in [-0.3, -0.25) is 0 Å². The number of likely N-dealkylation sites (N-methyl/N-ethyl adjacent to an activating group) is 3. The van der Waals surface area contributed by atoms with Crippen molar-refractivity contribution in [1.82, 2.24) is 24.9 Å². The zero-order valence-electron chi connectivity index (χ0n) is 38.4. The summed E-state index contributed by atoms with van der Waals surface area (Å²) in [6.07, 6.45) is 23.6. The van der Waals surface area contributed by atoms with Crippen molar-refractivity contribution in [3.05, 3.63) is 63.1 Å². The quantitative estimate of drug-likeness (QED) is 0.157. The first-order chi connectivity index (χ1) is 26.9. The van der Waals surface area contributed by atoms with Crippen molar-refractivity contribution in [2.75, 3.05) is 73.5 Å². The van der Waals surface area contributed by atoms with Gasteiger partial charge in [-0.25, -0.2) is 0 Å². The van der Waals surface area contributed by atoms with Crippen LogP contribution in [0.3, 0.4) is 0 Å². The summed E-state index contributed by atoms with van der Waals surface area (Å²) in [5.74, 6) is 6.85. The molecule has 0 spiro atoms. The highest BCUT2D eigenvalue weighted by molar-refractivity contribution is 6.20. The maximum Gasteiger partial charge on any atom is 0.0381 e. The molecule has 0 amide bonds. The van der Waals surface area contributed by atoms with Crippen LogP contribution in [-0.2, 0) is 0 Å². The standard InChI is InChI=1S/C17H31N3.C12H23ClN2.C11H20.C6H12.2C2H4/c1-15-8-9-20(14-15)17(3)7-5-6-16(2)19-12-10-18(4)11-13-19;1-10(8-14-2)15(3)9-11-6-4-5-7-12(11)13;1-9-6-7-10-4-2-3-5-11(10)8-9;1-5(2)6-3-4-6;2*1-2/h15H,2-3,5-14H2,1,4H3;11-12,14H,1,4-9H2,2-3H3;9-11H,2-8H2,1H3;5-6H,3-4H2,1-2H3;2*1-2H2. The predicted octanol–water partition coefficient (Wildman–Crippen LogP) is 12.5. The molecular weight excluding hydrogens is 706 g/mol. The summed E-state index contributed by atoms with van der Waals surface area (Å²) in [6, 6.07) is 0. The molecule has 56 heavy (non-hydrogen) atoms. The molecule has 0 aromatic carbocycles. The van der Waals surface area contributed by atoms with E-state index in [2.05, 4.69) is 113 Å². The molecule has 6 aliphatic rings. The van der Waals surface area contributed by atoms with E-state index in [9.17, 15) is 0 Å². The lowest BCUT2D eigenvalue weighted by Crippen LogP contribution is -2.43. The highest BCUT2D eigenvalue weighted by atomic mass is 35.5. The van der Waals surface area contributed by atoms with Crippen molar-refractivity contribution in [1.29, 1.82) is 0 Å². The molecule has 6 fully saturated rings. The number of piperazine rings is 1. The Balaban J connectivity index is 0.000000384. The van der Waals surface area contributed by atoms with Gasteiger partial charge in [0.05, 0.1) is 0 Å². The number of halogens is 1. The minimum Gasteiger partial charge on any atom is -0.377 e. The van der Waals surface area contributed by atoms with Crippen LogP contribution in [-0.4, -0.2) is 98.5 Å². The molecule has 6 unspecified atom stereocenters. The Morgan fingerprint density at radius 1 is 0.714 bits per heavy atom. The lowest BCUT2D eigenvalue weighted by Gasteiger charge is -2.38. The van der Waals surface area contributed by atoms with Crippen molar-refractivity contribution < 1.29 is 0 Å². The molecular formula is C50H94ClN5. The van der Waals surface area contributed by atoms with E-state index in [4.69, 9.17) is 11.6 Å². The number of likely N-dealkylation sites (tertiary alicyclic amines) is 1. The Bertz CT molecular complexity index is 1050. The van der Waals surface area contributed by atoms with Gasteiger partial charge in [-0.2, -0.15) is 0 Å². The Morgan fingerprint density at radius 2 is 1.29 bits per heavy atom. The first-order valence-electron chi connectivity index (χ1n) is 23.1. The van der Waals surface area contributed by atoms with Gasteiger partial charge in [0.25, 0.3) is 0 Å². The smallest absolute Gasteiger partial charge is 0.0381 e. The van der Waals surface area contributed by atoms with Crippen LogP contribution in [0.2, 0.25) is 0 Å². The van der Waals surface area contributed by atoms with Gasteiger partial charge in [-0.15, -0.1) is 37.9 Å². The van der Waals surface area contributed by atoms with Gasteiger partial charge < -0.3 is 24.9 Å². The normalized spacial score (nSPS) is 27.1. The fraction of sp³-hybridized carbons (Fsp3) is 0.800. The van der Waals surface area contributed by atoms with Crippen molar-refractivity contribution in [2.45, 2.75) is 142 Å². The fourth-order valence-electron chi connectivity index (χ4n) is 9.22. The summed E-state index contributed by atoms with van der Waals surface area (Å²) in [5, 5.41) is 3.49. The highest BCUT2D eigenvalue weighted by Crippen LogP contribution is 2.42. The molecule has 2 saturated heterocycles. The Morgan fingerprint density at radius 3 is 1.80 bits per heavy atom. The second-order valence-electron chi connectivity index (χ2n) is 18.5. The van der Waals surface area contributed by atoms with Gasteiger partial charge >= 0.3 is 0 Å². The molecule has 6 atom stereocenters. The largest absolute Gasteiger partial charge is 0.377 e. The average molecular weight is 801 g/mol. The topological polar surface area (TPSA) is 25.0 Å². The summed E-state index contributed by atoms with van der Waals surface area (Å²) in [5.41, 5.74) is 3.80. The third-order valence-electron chi connectivity index (χ3n) is 13.4. The first-order valence-corrected chi connectivity index (χ1v) is 23.5. The SMILES string of the molecule is C=C.C=C.C=C(CCCC(=C)N1CCC(C)C1)N1CCN(C)CC1.C=C(CNC)N(C)CC1CCCCC1Cl.CC(C)C1CC1.CC1CCC2CCCCC2C1. The van der Waals surface area contributed by atoms with Gasteiger partial charge in [0.2, 0.25) is 0 Å². The van der Waals surface area contributed by atoms with Crippen LogP contribution in [0.1, 0.15) is 137 Å². The first kappa shape index (κ1) is 52.3. The maximum absolute atomic E-state index is 6.34. The van der Waals surface area contributed by atoms with Crippen LogP contribution < -0.4 is 5.32 Å². The van der Waals surface area contributed by atoms with Crippen molar-refractivity contribution in [3.8, 4) is 0 Å². The van der Waals surface area contributed by atoms with Crippen LogP contribution >= 0.6 is 11.6 Å². The number of rotatable bonds is 12. The van der Waals surface area contributed by atoms with Crippen LogP contribution in [0.25, 0.3) is 0 Å². The van der Waals surface area contributed by atoms with E-state index < -0.39 is 0 Å². The summed E-state index contributed by atoms with van der Waals surface area (Å²) in [6.45, 7) is 42.9. The second kappa shape index (κ2) is 30.4. The molecule has 2 aliphatic heterocycles. The zero-order valence-corrected chi connectivity index (χ0v) is 39.2. The molecule has 0 aromatic heterocycles. The van der Waals surface area contributed by atoms with Crippen LogP contribution in [0.15, 0.2) is 63.1 Å². The zero-order chi connectivity index (χ0) is 42.0. The predicted molar refractivity (Wildman–Crippen MR) is 252 cm³/mol. The van der Waals surface area contributed by atoms with Crippen molar-refractivity contribution in [3.63, 3.8) is 0 Å². The third-order valence-corrected chi connectivity index (χ3v) is 13.9. The van der Waals surface area contributed by atoms with E-state index in [-0.39, 0.29) is 0 Å². The van der Waals surface area contributed by atoms with E-state index in [1.807, 2.05) is 7.05 Å². The molecule has 1 N–H and O–H groups in total. The van der Waals surface area contributed by atoms with Crippen molar-refractivity contribution >= 4 is 11.6 Å². The van der Waals surface area contributed by atoms with Crippen LogP contribution in [0, 0.1) is 41.4 Å². The molecule has 4 saturated carbocycles. The summed E-state index contributed by atoms with van der Waals surface area (Å²) >= 11 is 6.34. The van der Waals surface area contributed by atoms with Gasteiger partial charge in [0.15, 0.2) is 0 Å². The minimum absolute atomic E-state index is 0.364. The van der Waals surface area contributed by atoms with Gasteiger partial charge in [0.1, 0.15) is 0 Å². The Hall–Kier alpha value is -1.69. The summed E-state index contributed by atoms with van der Waals surface area (Å²) in [4.78, 5) is 9.56. The highest BCUT2D eigenvalue weighted by Gasteiger charge is 2.30. The Kier molecular flexibility index (Phi) is 28.4. The lowest BCUT2D eigenvalue weighted by molar-refractivity contribution is 0.137. The number of hydrogen-bond donors (Lipinski definition) is 1. The number of nitrogens with zero attached hydrogens (tertiary/aromatic N) is 4. The molecule has 0 bridgehead atoms. The van der Waals surface area contributed by atoms with E-state index in [0.717, 1.165) is 93.3 Å². The number of hydrogen-bond acceptors (Lipinski definition) is 5. The molecule has 6 heteroatoms. The van der Waals surface area contributed by atoms with E-state index in [1.54, 1.807) is 25.7 Å². The molecule has 4 aliphatic carbocycles.